The van der Waals surface area contributed by atoms with E-state index in [0.29, 0.717) is 29.2 Å². The first-order valence-corrected chi connectivity index (χ1v) is 16.1. The van der Waals surface area contributed by atoms with Crippen LogP contribution in [0.1, 0.15) is 30.4 Å². The first-order valence-electron chi connectivity index (χ1n) is 13.4. The van der Waals surface area contributed by atoms with Crippen molar-refractivity contribution in [3.63, 3.8) is 0 Å². The van der Waals surface area contributed by atoms with Gasteiger partial charge >= 0.3 is 0 Å². The quantitative estimate of drug-likeness (QED) is 0.299. The van der Waals surface area contributed by atoms with Gasteiger partial charge in [-0.3, -0.25) is 10.2 Å². The van der Waals surface area contributed by atoms with Gasteiger partial charge in [0.1, 0.15) is 18.1 Å². The van der Waals surface area contributed by atoms with Gasteiger partial charge in [-0.05, 0) is 62.1 Å². The minimum Gasteiger partial charge on any atom is -0.492 e. The molecule has 0 amide bonds. The summed E-state index contributed by atoms with van der Waals surface area (Å²) < 4.78 is 34.9. The summed E-state index contributed by atoms with van der Waals surface area (Å²) in [5.41, 5.74) is 2.38. The maximum atomic E-state index is 13.1. The molecule has 0 aliphatic heterocycles. The largest absolute Gasteiger partial charge is 0.492 e. The zero-order valence-electron chi connectivity index (χ0n) is 22.6. The Morgan fingerprint density at radius 1 is 1.00 bits per heavy atom. The molecule has 0 spiro atoms. The maximum Gasteiger partial charge on any atom is 0.241 e. The topological polar surface area (TPSA) is 96.3 Å². The number of carbonyl (C=O) groups excluding carboxylic acids is 1. The number of ketones is 1. The zero-order chi connectivity index (χ0) is 28.3. The van der Waals surface area contributed by atoms with Crippen molar-refractivity contribution in [3.05, 3.63) is 112 Å². The Hall–Kier alpha value is -3.46. The van der Waals surface area contributed by atoms with E-state index in [1.54, 1.807) is 12.2 Å². The van der Waals surface area contributed by atoms with Crippen molar-refractivity contribution in [2.75, 3.05) is 13.2 Å². The summed E-state index contributed by atoms with van der Waals surface area (Å²) in [5, 5.41) is 8.33. The molecular formula is C32H33N2O4S2+. The summed E-state index contributed by atoms with van der Waals surface area (Å²) in [6, 6.07) is 15.0. The predicted molar refractivity (Wildman–Crippen MR) is 162 cm³/mol. The fraction of sp³-hybridized carbons (Fsp3) is 0.250. The molecule has 0 saturated carbocycles. The van der Waals surface area contributed by atoms with Crippen molar-refractivity contribution in [1.82, 2.24) is 4.72 Å². The highest BCUT2D eigenvalue weighted by molar-refractivity contribution is 7.97. The molecule has 2 unspecified atom stereocenters. The van der Waals surface area contributed by atoms with E-state index in [-0.39, 0.29) is 34.7 Å². The van der Waals surface area contributed by atoms with Crippen molar-refractivity contribution < 1.29 is 17.9 Å². The molecular weight excluding hydrogens is 540 g/mol. The van der Waals surface area contributed by atoms with E-state index in [2.05, 4.69) is 65.4 Å². The van der Waals surface area contributed by atoms with E-state index in [1.165, 1.54) is 9.79 Å². The molecule has 6 nitrogen and oxygen atoms in total. The average molecular weight is 574 g/mol. The normalized spacial score (nSPS) is 19.4. The van der Waals surface area contributed by atoms with Crippen LogP contribution in [0.25, 0.3) is 0 Å². The number of fused-ring (bicyclic) bond motifs is 1. The molecule has 2 N–H and O–H groups in total. The lowest BCUT2D eigenvalue weighted by Gasteiger charge is -2.22. The third-order valence-corrected chi connectivity index (χ3v) is 11.0. The first kappa shape index (κ1) is 28.1. The standard InChI is InChI=1S/C32H33N2O4S2/c1-22-19-26(39(24-11-5-3-6-12-24)25-13-7-4-8-14-25)20-23(2)32(22)38-18-17-34-40(36,37)30-21-29(33)31(35)28-16-10-9-15-27(28)30/h3-8,11-13,15-16,19-21,25,33-34H,9-10,14,17-18H2,1-2H3/q+1. The number of rotatable bonds is 9. The number of sulfonamides is 1. The molecule has 2 atom stereocenters. The summed E-state index contributed by atoms with van der Waals surface area (Å²) in [6.07, 6.45) is 15.7. The average Bonchev–Trinajstić information content (AvgIpc) is 2.95. The smallest absolute Gasteiger partial charge is 0.241 e. The van der Waals surface area contributed by atoms with Gasteiger partial charge in [0.25, 0.3) is 0 Å². The van der Waals surface area contributed by atoms with Gasteiger partial charge in [-0.25, -0.2) is 13.1 Å². The predicted octanol–water partition coefficient (Wildman–Crippen LogP) is 5.66. The summed E-state index contributed by atoms with van der Waals surface area (Å²) >= 11 is 0. The second-order valence-electron chi connectivity index (χ2n) is 9.93. The van der Waals surface area contributed by atoms with Crippen LogP contribution in [0, 0.1) is 19.3 Å². The van der Waals surface area contributed by atoms with Crippen LogP contribution in [-0.2, 0) is 25.7 Å². The molecule has 0 saturated heterocycles. The second kappa shape index (κ2) is 12.0. The van der Waals surface area contributed by atoms with Crippen LogP contribution in [0.3, 0.4) is 0 Å². The fourth-order valence-corrected chi connectivity index (χ4v) is 9.07. The molecule has 206 valence electrons. The molecule has 2 aromatic carbocycles. The number of benzene rings is 2. The molecule has 8 heteroatoms. The third-order valence-electron chi connectivity index (χ3n) is 7.04. The Labute approximate surface area is 239 Å². The number of aryl methyl sites for hydroxylation is 2. The van der Waals surface area contributed by atoms with Crippen molar-refractivity contribution in [2.24, 2.45) is 0 Å². The van der Waals surface area contributed by atoms with Crippen LogP contribution in [0.5, 0.6) is 5.75 Å². The summed E-state index contributed by atoms with van der Waals surface area (Å²) in [7, 11) is -4.07. The van der Waals surface area contributed by atoms with Crippen molar-refractivity contribution in [3.8, 4) is 5.75 Å². The Bertz CT molecular complexity index is 1580. The molecule has 3 aliphatic rings. The number of ether oxygens (including phenoxy) is 1. The zero-order valence-corrected chi connectivity index (χ0v) is 24.3. The summed E-state index contributed by atoms with van der Waals surface area (Å²) in [4.78, 5) is 14.9. The van der Waals surface area contributed by atoms with E-state index < -0.39 is 15.8 Å². The van der Waals surface area contributed by atoms with Gasteiger partial charge in [0.15, 0.2) is 15.0 Å². The molecule has 0 radical (unpaired) electrons. The lowest BCUT2D eigenvalue weighted by molar-refractivity contribution is -0.109. The maximum absolute atomic E-state index is 13.1. The Morgan fingerprint density at radius 3 is 2.38 bits per heavy atom. The minimum atomic E-state index is -3.93. The fourth-order valence-electron chi connectivity index (χ4n) is 5.22. The highest BCUT2D eigenvalue weighted by Crippen LogP contribution is 2.36. The van der Waals surface area contributed by atoms with E-state index in [4.69, 9.17) is 10.1 Å². The molecule has 2 aromatic rings. The molecule has 5 rings (SSSR count). The van der Waals surface area contributed by atoms with Crippen molar-refractivity contribution >= 4 is 32.4 Å². The van der Waals surface area contributed by atoms with Crippen LogP contribution in [0.15, 0.2) is 111 Å². The van der Waals surface area contributed by atoms with Gasteiger partial charge in [-0.1, -0.05) is 48.6 Å². The second-order valence-corrected chi connectivity index (χ2v) is 13.9. The Morgan fingerprint density at radius 2 is 1.70 bits per heavy atom. The molecule has 0 heterocycles. The van der Waals surface area contributed by atoms with Crippen molar-refractivity contribution in [1.29, 1.82) is 5.41 Å². The number of carbonyl (C=O) groups is 1. The number of nitrogens with one attached hydrogen (secondary N) is 2. The highest BCUT2D eigenvalue weighted by Gasteiger charge is 2.35. The lowest BCUT2D eigenvalue weighted by Crippen LogP contribution is -2.34. The van der Waals surface area contributed by atoms with E-state index in [1.807, 2.05) is 19.9 Å². The van der Waals surface area contributed by atoms with Gasteiger partial charge in [-0.2, -0.15) is 0 Å². The van der Waals surface area contributed by atoms with Gasteiger partial charge in [0, 0.05) is 36.2 Å². The Kier molecular flexibility index (Phi) is 8.40. The first-order chi connectivity index (χ1) is 19.3. The van der Waals surface area contributed by atoms with Crippen LogP contribution in [0.4, 0.5) is 0 Å². The van der Waals surface area contributed by atoms with Crippen LogP contribution >= 0.6 is 0 Å². The van der Waals surface area contributed by atoms with E-state index >= 15 is 0 Å². The number of hydrogen-bond donors (Lipinski definition) is 2. The minimum absolute atomic E-state index is 0.0284. The van der Waals surface area contributed by atoms with Crippen LogP contribution in [0.2, 0.25) is 0 Å². The Balaban J connectivity index is 1.29. The molecule has 0 bridgehead atoms. The van der Waals surface area contributed by atoms with Gasteiger partial charge in [-0.15, -0.1) is 0 Å². The molecule has 0 aromatic heterocycles. The van der Waals surface area contributed by atoms with E-state index in [9.17, 15) is 13.2 Å². The molecule has 0 fully saturated rings. The van der Waals surface area contributed by atoms with Crippen molar-refractivity contribution in [2.45, 2.75) is 48.2 Å². The molecule has 40 heavy (non-hydrogen) atoms. The summed E-state index contributed by atoms with van der Waals surface area (Å²) in [5.74, 6) is 0.317. The number of allylic oxidation sites excluding steroid dienone is 8. The summed E-state index contributed by atoms with van der Waals surface area (Å²) in [6.45, 7) is 4.25. The lowest BCUT2D eigenvalue weighted by atomic mass is 9.88. The number of hydrogen-bond acceptors (Lipinski definition) is 5. The van der Waals surface area contributed by atoms with Gasteiger partial charge in [0.05, 0.1) is 15.8 Å². The van der Waals surface area contributed by atoms with Crippen LogP contribution < -0.4 is 9.46 Å². The highest BCUT2D eigenvalue weighted by atomic mass is 32.2. The monoisotopic (exact) mass is 573 g/mol. The van der Waals surface area contributed by atoms with Gasteiger partial charge < -0.3 is 4.74 Å². The van der Waals surface area contributed by atoms with Crippen LogP contribution in [-0.4, -0.2) is 38.3 Å². The number of Topliss-reactive ketones (excluding diaryl/α,β-unsaturated/α-hetero) is 1. The third kappa shape index (κ3) is 5.84. The molecule has 3 aliphatic carbocycles. The van der Waals surface area contributed by atoms with E-state index in [0.717, 1.165) is 29.4 Å². The van der Waals surface area contributed by atoms with Gasteiger partial charge in [0.2, 0.25) is 15.8 Å². The SMILES string of the molecule is Cc1cc([S+](c2ccccc2)C2C=CC=CC2)cc(C)c1OCCNS(=O)(=O)C1=CC(=N)C(=O)C2=CCCC=C21.